The molecule has 214 valence electrons. The van der Waals surface area contributed by atoms with Gasteiger partial charge in [0.1, 0.15) is 18.3 Å². The second-order valence-corrected chi connectivity index (χ2v) is 12.8. The lowest BCUT2D eigenvalue weighted by Gasteiger charge is -2.34. The lowest BCUT2D eigenvalue weighted by Crippen LogP contribution is -2.54. The molecule has 1 atom stereocenters. The number of methoxy groups -OCH3 is 1. The molecule has 0 spiro atoms. The highest BCUT2D eigenvalue weighted by molar-refractivity contribution is 7.92. The van der Waals surface area contributed by atoms with E-state index in [0.717, 1.165) is 15.4 Å². The molecule has 3 rings (SSSR count). The summed E-state index contributed by atoms with van der Waals surface area (Å²) in [6.07, 6.45) is 0. The quantitative estimate of drug-likeness (QED) is 0.380. The van der Waals surface area contributed by atoms with E-state index in [4.69, 9.17) is 4.74 Å². The van der Waals surface area contributed by atoms with Gasteiger partial charge in [0.2, 0.25) is 11.8 Å². The van der Waals surface area contributed by atoms with E-state index in [2.05, 4.69) is 5.32 Å². The summed E-state index contributed by atoms with van der Waals surface area (Å²) in [5, 5.41) is 2.93. The van der Waals surface area contributed by atoms with Crippen LogP contribution < -0.4 is 14.4 Å². The zero-order chi connectivity index (χ0) is 29.7. The van der Waals surface area contributed by atoms with Crippen LogP contribution in [0.4, 0.5) is 5.69 Å². The van der Waals surface area contributed by atoms with Gasteiger partial charge < -0.3 is 15.0 Å². The van der Waals surface area contributed by atoms with Crippen molar-refractivity contribution in [1.29, 1.82) is 0 Å². The van der Waals surface area contributed by atoms with Crippen molar-refractivity contribution in [1.82, 2.24) is 10.2 Å². The van der Waals surface area contributed by atoms with E-state index < -0.39 is 34.1 Å². The van der Waals surface area contributed by atoms with Crippen LogP contribution in [0.2, 0.25) is 0 Å². The van der Waals surface area contributed by atoms with E-state index in [1.165, 1.54) is 17.0 Å². The van der Waals surface area contributed by atoms with Crippen molar-refractivity contribution in [2.45, 2.75) is 64.6 Å². The molecule has 0 saturated heterocycles. The Labute approximate surface area is 238 Å². The van der Waals surface area contributed by atoms with Crippen LogP contribution >= 0.6 is 0 Å². The fraction of sp³-hybridized carbons (Fsp3) is 0.355. The lowest BCUT2D eigenvalue weighted by atomic mass is 10.1. The third-order valence-corrected chi connectivity index (χ3v) is 8.16. The van der Waals surface area contributed by atoms with Gasteiger partial charge in [-0.1, -0.05) is 48.0 Å². The van der Waals surface area contributed by atoms with Gasteiger partial charge >= 0.3 is 0 Å². The number of carbonyl (C=O) groups excluding carboxylic acids is 2. The molecule has 1 unspecified atom stereocenters. The second-order valence-electron chi connectivity index (χ2n) is 10.9. The van der Waals surface area contributed by atoms with Crippen LogP contribution in [0.5, 0.6) is 5.75 Å². The number of ether oxygens (including phenoxy) is 1. The number of hydrogen-bond donors (Lipinski definition) is 1. The van der Waals surface area contributed by atoms with Gasteiger partial charge in [0.15, 0.2) is 0 Å². The van der Waals surface area contributed by atoms with E-state index >= 15 is 0 Å². The Morgan fingerprint density at radius 2 is 1.62 bits per heavy atom. The zero-order valence-electron chi connectivity index (χ0n) is 24.3. The smallest absolute Gasteiger partial charge is 0.264 e. The molecule has 0 bridgehead atoms. The third-order valence-electron chi connectivity index (χ3n) is 6.38. The Bertz CT molecular complexity index is 1450. The minimum absolute atomic E-state index is 0.0700. The zero-order valence-corrected chi connectivity index (χ0v) is 25.1. The molecule has 0 aliphatic heterocycles. The Morgan fingerprint density at radius 1 is 0.950 bits per heavy atom. The van der Waals surface area contributed by atoms with Crippen molar-refractivity contribution in [3.63, 3.8) is 0 Å². The standard InChI is InChI=1S/C31H39N3O5S/c1-22-16-17-28(23(2)18-22)34(40(37,38)27-14-9-8-10-15-27)21-29(35)33(24(3)30(36)32-31(4,5)6)20-25-12-11-13-26(19-25)39-7/h8-19,24H,20-21H2,1-7H3,(H,32,36). The van der Waals surface area contributed by atoms with E-state index in [9.17, 15) is 18.0 Å². The van der Waals surface area contributed by atoms with Crippen molar-refractivity contribution in [2.75, 3.05) is 18.0 Å². The largest absolute Gasteiger partial charge is 0.497 e. The van der Waals surface area contributed by atoms with Crippen LogP contribution in [-0.4, -0.2) is 50.4 Å². The molecule has 0 heterocycles. The lowest BCUT2D eigenvalue weighted by molar-refractivity contribution is -0.140. The summed E-state index contributed by atoms with van der Waals surface area (Å²) >= 11 is 0. The van der Waals surface area contributed by atoms with Gasteiger partial charge in [0.05, 0.1) is 17.7 Å². The van der Waals surface area contributed by atoms with Gasteiger partial charge in [0, 0.05) is 12.1 Å². The number of aryl methyl sites for hydroxylation is 2. The molecular weight excluding hydrogens is 526 g/mol. The molecule has 0 aliphatic carbocycles. The van der Waals surface area contributed by atoms with Crippen molar-refractivity contribution in [3.05, 3.63) is 89.5 Å². The number of rotatable bonds is 10. The monoisotopic (exact) mass is 565 g/mol. The van der Waals surface area contributed by atoms with Gasteiger partial charge in [-0.25, -0.2) is 8.42 Å². The highest BCUT2D eigenvalue weighted by atomic mass is 32.2. The van der Waals surface area contributed by atoms with Gasteiger partial charge in [-0.2, -0.15) is 0 Å². The Kier molecular flexibility index (Phi) is 9.63. The van der Waals surface area contributed by atoms with Crippen molar-refractivity contribution >= 4 is 27.5 Å². The Balaban J connectivity index is 2.07. The fourth-order valence-electron chi connectivity index (χ4n) is 4.34. The van der Waals surface area contributed by atoms with Crippen LogP contribution in [0, 0.1) is 13.8 Å². The molecule has 0 saturated carbocycles. The summed E-state index contributed by atoms with van der Waals surface area (Å²) in [7, 11) is -2.56. The normalized spacial score (nSPS) is 12.4. The van der Waals surface area contributed by atoms with E-state index in [1.54, 1.807) is 56.5 Å². The van der Waals surface area contributed by atoms with Gasteiger partial charge in [-0.3, -0.25) is 13.9 Å². The molecule has 0 aromatic heterocycles. The Hall–Kier alpha value is -3.85. The molecule has 0 aliphatic rings. The number of amides is 2. The molecule has 3 aromatic rings. The minimum atomic E-state index is -4.11. The highest BCUT2D eigenvalue weighted by Gasteiger charge is 2.33. The van der Waals surface area contributed by atoms with E-state index in [1.807, 2.05) is 52.8 Å². The number of sulfonamides is 1. The minimum Gasteiger partial charge on any atom is -0.497 e. The van der Waals surface area contributed by atoms with Crippen molar-refractivity contribution in [2.24, 2.45) is 0 Å². The third kappa shape index (κ3) is 7.63. The number of nitrogens with one attached hydrogen (secondary N) is 1. The molecule has 0 radical (unpaired) electrons. The van der Waals surface area contributed by atoms with Crippen LogP contribution in [0.3, 0.4) is 0 Å². The molecule has 0 fully saturated rings. The summed E-state index contributed by atoms with van der Waals surface area (Å²) in [6, 6.07) is 19.8. The van der Waals surface area contributed by atoms with Gasteiger partial charge in [-0.15, -0.1) is 0 Å². The van der Waals surface area contributed by atoms with Gasteiger partial charge in [0.25, 0.3) is 10.0 Å². The first kappa shape index (κ1) is 30.7. The van der Waals surface area contributed by atoms with E-state index in [-0.39, 0.29) is 17.3 Å². The van der Waals surface area contributed by atoms with Crippen molar-refractivity contribution in [3.8, 4) is 5.75 Å². The summed E-state index contributed by atoms with van der Waals surface area (Å²) in [5.74, 6) is -0.244. The molecule has 40 heavy (non-hydrogen) atoms. The average molecular weight is 566 g/mol. The number of anilines is 1. The predicted molar refractivity (Wildman–Crippen MR) is 158 cm³/mol. The first-order valence-corrected chi connectivity index (χ1v) is 14.6. The predicted octanol–water partition coefficient (Wildman–Crippen LogP) is 4.84. The Morgan fingerprint density at radius 3 is 2.23 bits per heavy atom. The SMILES string of the molecule is COc1cccc(CN(C(=O)CN(c2ccc(C)cc2C)S(=O)(=O)c2ccccc2)C(C)C(=O)NC(C)(C)C)c1. The maximum Gasteiger partial charge on any atom is 0.264 e. The van der Waals surface area contributed by atoms with E-state index in [0.29, 0.717) is 17.0 Å². The summed E-state index contributed by atoms with van der Waals surface area (Å²) in [4.78, 5) is 28.8. The fourth-order valence-corrected chi connectivity index (χ4v) is 5.84. The number of nitrogens with zero attached hydrogens (tertiary/aromatic N) is 2. The van der Waals surface area contributed by atoms with Gasteiger partial charge in [-0.05, 0) is 83.0 Å². The van der Waals surface area contributed by atoms with Crippen molar-refractivity contribution < 1.29 is 22.7 Å². The molecule has 3 aromatic carbocycles. The maximum atomic E-state index is 14.1. The number of hydrogen-bond acceptors (Lipinski definition) is 5. The first-order valence-electron chi connectivity index (χ1n) is 13.1. The average Bonchev–Trinajstić information content (AvgIpc) is 2.90. The highest BCUT2D eigenvalue weighted by Crippen LogP contribution is 2.28. The molecule has 8 nitrogen and oxygen atoms in total. The van der Waals surface area contributed by atoms with Crippen LogP contribution in [0.15, 0.2) is 77.7 Å². The number of carbonyl (C=O) groups is 2. The number of benzene rings is 3. The first-order chi connectivity index (χ1) is 18.7. The maximum absolute atomic E-state index is 14.1. The van der Waals surface area contributed by atoms with Crippen LogP contribution in [-0.2, 0) is 26.2 Å². The van der Waals surface area contributed by atoms with Crippen LogP contribution in [0.1, 0.15) is 44.4 Å². The summed E-state index contributed by atoms with van der Waals surface area (Å²) in [6.45, 7) is 10.6. The molecular formula is C31H39N3O5S. The summed E-state index contributed by atoms with van der Waals surface area (Å²) < 4.78 is 34.3. The topological polar surface area (TPSA) is 96.0 Å². The molecule has 1 N–H and O–H groups in total. The second kappa shape index (κ2) is 12.6. The molecule has 2 amide bonds. The summed E-state index contributed by atoms with van der Waals surface area (Å²) in [5.41, 5.74) is 2.31. The van der Waals surface area contributed by atoms with Crippen LogP contribution in [0.25, 0.3) is 0 Å². The molecule has 9 heteroatoms.